The maximum absolute atomic E-state index is 12.5. The van der Waals surface area contributed by atoms with E-state index in [0.717, 1.165) is 50.9 Å². The van der Waals surface area contributed by atoms with Gasteiger partial charge in [-0.25, -0.2) is 0 Å². The second-order valence-electron chi connectivity index (χ2n) is 9.25. The molecule has 3 fully saturated rings. The highest BCUT2D eigenvalue weighted by molar-refractivity contribution is 5.87. The first-order valence-electron chi connectivity index (χ1n) is 9.83. The zero-order chi connectivity index (χ0) is 16.4. The minimum atomic E-state index is -0.127. The highest BCUT2D eigenvalue weighted by Crippen LogP contribution is 2.65. The van der Waals surface area contributed by atoms with Crippen LogP contribution in [-0.2, 0) is 4.79 Å². The Kier molecular flexibility index (Phi) is 3.58. The van der Waals surface area contributed by atoms with Gasteiger partial charge in [0, 0.05) is 11.8 Å². The van der Waals surface area contributed by atoms with Crippen LogP contribution in [0.2, 0.25) is 0 Å². The quantitative estimate of drug-likeness (QED) is 0.714. The molecule has 0 radical (unpaired) electrons. The van der Waals surface area contributed by atoms with Crippen molar-refractivity contribution in [3.8, 4) is 0 Å². The van der Waals surface area contributed by atoms with E-state index in [-0.39, 0.29) is 11.5 Å². The Hall–Kier alpha value is -0.630. The van der Waals surface area contributed by atoms with Gasteiger partial charge >= 0.3 is 0 Å². The molecule has 0 amide bonds. The second kappa shape index (κ2) is 5.18. The van der Waals surface area contributed by atoms with Crippen LogP contribution >= 0.6 is 0 Å². The fraction of sp³-hybridized carbons (Fsp3) is 0.857. The average molecular weight is 316 g/mol. The molecule has 1 N–H and O–H groups in total. The number of carbonyl (C=O) groups excluding carboxylic acids is 1. The number of rotatable bonds is 1. The summed E-state index contributed by atoms with van der Waals surface area (Å²) in [5, 5.41) is 10.2. The van der Waals surface area contributed by atoms with E-state index in [0.29, 0.717) is 23.0 Å². The summed E-state index contributed by atoms with van der Waals surface area (Å²) in [5.74, 6) is 2.60. The van der Waals surface area contributed by atoms with Crippen LogP contribution in [0, 0.1) is 28.6 Å². The number of allylic oxidation sites excluding steroid dienone is 1. The van der Waals surface area contributed by atoms with Gasteiger partial charge in [0.05, 0.1) is 6.10 Å². The molecule has 3 saturated carbocycles. The third kappa shape index (κ3) is 2.06. The van der Waals surface area contributed by atoms with E-state index in [9.17, 15) is 9.90 Å². The number of ketones is 1. The summed E-state index contributed by atoms with van der Waals surface area (Å²) < 4.78 is 0. The lowest BCUT2D eigenvalue weighted by Gasteiger charge is -2.58. The SMILES string of the molecule is CCC1=C2C[C@@H](O)CC[C@]2(C)[C@H]2CC[C@]3(C)C(=O)CC[C@H]3[C@@H]2C1. The molecule has 4 aliphatic carbocycles. The molecule has 0 bridgehead atoms. The van der Waals surface area contributed by atoms with Gasteiger partial charge in [-0.15, -0.1) is 0 Å². The fourth-order valence-corrected chi connectivity index (χ4v) is 7.05. The molecule has 0 aromatic rings. The molecule has 128 valence electrons. The molecular weight excluding hydrogens is 284 g/mol. The van der Waals surface area contributed by atoms with Gasteiger partial charge in [-0.1, -0.05) is 31.9 Å². The summed E-state index contributed by atoms with van der Waals surface area (Å²) in [4.78, 5) is 12.5. The van der Waals surface area contributed by atoms with Gasteiger partial charge in [-0.2, -0.15) is 0 Å². The Labute approximate surface area is 140 Å². The summed E-state index contributed by atoms with van der Waals surface area (Å²) in [6.07, 6.45) is 9.47. The largest absolute Gasteiger partial charge is 0.393 e. The van der Waals surface area contributed by atoms with Crippen molar-refractivity contribution in [1.82, 2.24) is 0 Å². The number of aliphatic hydroxyl groups is 1. The van der Waals surface area contributed by atoms with Crippen LogP contribution in [0.25, 0.3) is 0 Å². The average Bonchev–Trinajstić information content (AvgIpc) is 2.83. The van der Waals surface area contributed by atoms with E-state index in [1.54, 1.807) is 11.1 Å². The highest BCUT2D eigenvalue weighted by Gasteiger charge is 2.59. The number of hydrogen-bond donors (Lipinski definition) is 1. The van der Waals surface area contributed by atoms with Crippen molar-refractivity contribution in [1.29, 1.82) is 0 Å². The number of hydrogen-bond acceptors (Lipinski definition) is 2. The first-order valence-corrected chi connectivity index (χ1v) is 9.83. The van der Waals surface area contributed by atoms with Crippen molar-refractivity contribution in [3.63, 3.8) is 0 Å². The minimum Gasteiger partial charge on any atom is -0.393 e. The second-order valence-corrected chi connectivity index (χ2v) is 9.25. The number of Topliss-reactive ketones (excluding diaryl/α,β-unsaturated/α-hetero) is 1. The molecule has 0 aliphatic heterocycles. The first kappa shape index (κ1) is 15.9. The summed E-state index contributed by atoms with van der Waals surface area (Å²) in [6, 6.07) is 0. The van der Waals surface area contributed by atoms with Crippen LogP contribution in [0.15, 0.2) is 11.1 Å². The number of carbonyl (C=O) groups is 1. The van der Waals surface area contributed by atoms with Crippen LogP contribution in [0.4, 0.5) is 0 Å². The molecule has 0 heterocycles. The molecule has 0 aromatic carbocycles. The highest BCUT2D eigenvalue weighted by atomic mass is 16.3. The molecule has 4 aliphatic rings. The van der Waals surface area contributed by atoms with Gasteiger partial charge in [0.15, 0.2) is 0 Å². The summed E-state index contributed by atoms with van der Waals surface area (Å²) >= 11 is 0. The predicted molar refractivity (Wildman–Crippen MR) is 92.0 cm³/mol. The molecule has 0 saturated heterocycles. The van der Waals surface area contributed by atoms with E-state index < -0.39 is 0 Å². The van der Waals surface area contributed by atoms with Gasteiger partial charge in [0.1, 0.15) is 5.78 Å². The van der Waals surface area contributed by atoms with Gasteiger partial charge in [-0.3, -0.25) is 4.79 Å². The van der Waals surface area contributed by atoms with E-state index in [4.69, 9.17) is 0 Å². The van der Waals surface area contributed by atoms with E-state index in [1.165, 1.54) is 12.8 Å². The summed E-state index contributed by atoms with van der Waals surface area (Å²) in [7, 11) is 0. The topological polar surface area (TPSA) is 37.3 Å². The van der Waals surface area contributed by atoms with Crippen molar-refractivity contribution < 1.29 is 9.90 Å². The smallest absolute Gasteiger partial charge is 0.139 e. The van der Waals surface area contributed by atoms with Crippen molar-refractivity contribution in [2.24, 2.45) is 28.6 Å². The minimum absolute atomic E-state index is 0.0257. The molecule has 0 aromatic heterocycles. The Morgan fingerprint density at radius 1 is 1.04 bits per heavy atom. The maximum Gasteiger partial charge on any atom is 0.139 e. The lowest BCUT2D eigenvalue weighted by Crippen LogP contribution is -2.51. The standard InChI is InChI=1S/C21H32O2/c1-4-13-11-15-16-5-6-19(23)21(16,3)10-8-17(15)20(2)9-7-14(22)12-18(13)20/h14-17,22H,4-12H2,1-3H3/t14-,15-,16-,17-,20+,21-/m0/s1. The van der Waals surface area contributed by atoms with Gasteiger partial charge in [0.2, 0.25) is 0 Å². The number of fused-ring (bicyclic) bond motifs is 5. The van der Waals surface area contributed by atoms with Crippen molar-refractivity contribution in [3.05, 3.63) is 11.1 Å². The molecule has 2 nitrogen and oxygen atoms in total. The Bertz CT molecular complexity index is 562. The van der Waals surface area contributed by atoms with Gasteiger partial charge < -0.3 is 5.11 Å². The zero-order valence-corrected chi connectivity index (χ0v) is 15.0. The molecule has 0 unspecified atom stereocenters. The van der Waals surface area contributed by atoms with E-state index >= 15 is 0 Å². The van der Waals surface area contributed by atoms with E-state index in [2.05, 4.69) is 20.8 Å². The van der Waals surface area contributed by atoms with E-state index in [1.807, 2.05) is 0 Å². The molecule has 0 spiro atoms. The predicted octanol–water partition coefficient (Wildman–Crippen LogP) is 4.66. The molecular formula is C21H32O2. The Morgan fingerprint density at radius 3 is 2.48 bits per heavy atom. The fourth-order valence-electron chi connectivity index (χ4n) is 7.05. The molecule has 4 rings (SSSR count). The lowest BCUT2D eigenvalue weighted by atomic mass is 9.46. The lowest BCUT2D eigenvalue weighted by molar-refractivity contribution is -0.132. The van der Waals surface area contributed by atoms with Crippen LogP contribution in [0.3, 0.4) is 0 Å². The van der Waals surface area contributed by atoms with Gasteiger partial charge in [0.25, 0.3) is 0 Å². The third-order valence-corrected chi connectivity index (χ3v) is 8.43. The summed E-state index contributed by atoms with van der Waals surface area (Å²) in [6.45, 7) is 7.03. The maximum atomic E-state index is 12.5. The third-order valence-electron chi connectivity index (χ3n) is 8.43. The molecule has 23 heavy (non-hydrogen) atoms. The van der Waals surface area contributed by atoms with Crippen molar-refractivity contribution in [2.45, 2.75) is 84.7 Å². The van der Waals surface area contributed by atoms with Crippen LogP contribution in [-0.4, -0.2) is 17.0 Å². The Balaban J connectivity index is 1.76. The van der Waals surface area contributed by atoms with Crippen LogP contribution in [0.5, 0.6) is 0 Å². The van der Waals surface area contributed by atoms with Crippen LogP contribution < -0.4 is 0 Å². The van der Waals surface area contributed by atoms with Gasteiger partial charge in [-0.05, 0) is 74.5 Å². The molecule has 6 atom stereocenters. The van der Waals surface area contributed by atoms with Crippen LogP contribution in [0.1, 0.15) is 78.6 Å². The normalized spacial score (nSPS) is 49.7. The zero-order valence-electron chi connectivity index (χ0n) is 15.0. The first-order chi connectivity index (χ1) is 10.9. The Morgan fingerprint density at radius 2 is 1.74 bits per heavy atom. The van der Waals surface area contributed by atoms with Crippen molar-refractivity contribution >= 4 is 5.78 Å². The van der Waals surface area contributed by atoms with Crippen molar-refractivity contribution in [2.75, 3.05) is 0 Å². The summed E-state index contributed by atoms with van der Waals surface area (Å²) in [5.41, 5.74) is 3.49. The molecule has 2 heteroatoms. The monoisotopic (exact) mass is 316 g/mol. The number of aliphatic hydroxyl groups excluding tert-OH is 1.